The molecule has 0 spiro atoms. The van der Waals surface area contributed by atoms with Gasteiger partial charge in [0, 0.05) is 6.42 Å². The molecule has 1 N–H and O–H groups in total. The first kappa shape index (κ1) is 20.1. The number of carbonyl (C=O) groups excluding carboxylic acids is 1. The molecular formula is C15H25O7S-. The van der Waals surface area contributed by atoms with E-state index in [4.69, 9.17) is 8.92 Å². The summed E-state index contributed by atoms with van der Waals surface area (Å²) in [5.41, 5.74) is 0.375. The number of carbonyl (C=O) groups is 1. The summed E-state index contributed by atoms with van der Waals surface area (Å²) in [6.07, 6.45) is -1.19. The maximum atomic E-state index is 11.4. The minimum absolute atomic E-state index is 0.0533. The van der Waals surface area contributed by atoms with Crippen molar-refractivity contribution in [3.8, 4) is 0 Å². The molecule has 1 aliphatic carbocycles. The van der Waals surface area contributed by atoms with Crippen LogP contribution in [0.4, 0.5) is 0 Å². The predicted octanol–water partition coefficient (Wildman–Crippen LogP) is 0.126. The molecule has 0 aliphatic heterocycles. The van der Waals surface area contributed by atoms with Gasteiger partial charge in [-0.15, -0.1) is 0 Å². The summed E-state index contributed by atoms with van der Waals surface area (Å²) >= 11 is 0. The van der Waals surface area contributed by atoms with Gasteiger partial charge < -0.3 is 19.7 Å². The van der Waals surface area contributed by atoms with Crippen LogP contribution in [0.25, 0.3) is 0 Å². The van der Waals surface area contributed by atoms with E-state index in [1.54, 1.807) is 6.92 Å². The molecule has 0 heterocycles. The number of hydrogen-bond acceptors (Lipinski definition) is 7. The lowest BCUT2D eigenvalue weighted by Crippen LogP contribution is -2.49. The topological polar surface area (TPSA) is 113 Å². The van der Waals surface area contributed by atoms with E-state index in [0.717, 1.165) is 6.26 Å². The van der Waals surface area contributed by atoms with Gasteiger partial charge in [-0.2, -0.15) is 8.42 Å². The molecule has 134 valence electrons. The normalized spacial score (nSPS) is 25.9. The summed E-state index contributed by atoms with van der Waals surface area (Å²) in [5.74, 6) is -1.39. The van der Waals surface area contributed by atoms with Crippen LogP contribution in [-0.4, -0.2) is 50.2 Å². The van der Waals surface area contributed by atoms with E-state index >= 15 is 0 Å². The van der Waals surface area contributed by atoms with Crippen LogP contribution in [0, 0.1) is 0 Å². The molecule has 1 rings (SSSR count). The Bertz CT molecular complexity index is 548. The van der Waals surface area contributed by atoms with Crippen molar-refractivity contribution in [2.24, 2.45) is 0 Å². The molecule has 0 saturated carbocycles. The lowest BCUT2D eigenvalue weighted by Gasteiger charge is -2.39. The SMILES string of the molecule is CCC1=C(C(=O)[O-])C[C@@H](OS(C)(=O)=O)[C@H](O)[C@@H]1OC(CC)CC. The monoisotopic (exact) mass is 349 g/mol. The average Bonchev–Trinajstić information content (AvgIpc) is 2.46. The number of rotatable bonds is 8. The third-order valence-electron chi connectivity index (χ3n) is 4.00. The van der Waals surface area contributed by atoms with E-state index in [2.05, 4.69) is 0 Å². The van der Waals surface area contributed by atoms with E-state index in [1.807, 2.05) is 13.8 Å². The highest BCUT2D eigenvalue weighted by atomic mass is 32.2. The van der Waals surface area contributed by atoms with Gasteiger partial charge in [-0.25, -0.2) is 0 Å². The molecule has 7 nitrogen and oxygen atoms in total. The first-order chi connectivity index (χ1) is 10.6. The molecule has 0 aromatic carbocycles. The minimum Gasteiger partial charge on any atom is -0.545 e. The van der Waals surface area contributed by atoms with Crippen molar-refractivity contribution in [3.05, 3.63) is 11.1 Å². The fourth-order valence-corrected chi connectivity index (χ4v) is 3.45. The van der Waals surface area contributed by atoms with Crippen molar-refractivity contribution in [2.75, 3.05) is 6.26 Å². The van der Waals surface area contributed by atoms with Crippen molar-refractivity contribution < 1.29 is 32.3 Å². The molecule has 0 unspecified atom stereocenters. The van der Waals surface area contributed by atoms with Crippen molar-refractivity contribution >= 4 is 16.1 Å². The number of aliphatic hydroxyl groups is 1. The van der Waals surface area contributed by atoms with Gasteiger partial charge >= 0.3 is 0 Å². The van der Waals surface area contributed by atoms with Gasteiger partial charge in [-0.1, -0.05) is 20.8 Å². The first-order valence-corrected chi connectivity index (χ1v) is 9.61. The Labute approximate surface area is 137 Å². The van der Waals surface area contributed by atoms with Gasteiger partial charge in [0.15, 0.2) is 0 Å². The molecule has 0 saturated heterocycles. The quantitative estimate of drug-likeness (QED) is 0.619. The standard InChI is InChI=1S/C15H26O7S/c1-5-9(6-2)21-14-10(7-3)11(15(17)18)8-12(13(14)16)22-23(4,19)20/h9,12-14,16H,5-8H2,1-4H3,(H,17,18)/p-1/t12-,13+,14-/m1/s1. The second-order valence-electron chi connectivity index (χ2n) is 5.67. The third kappa shape index (κ3) is 5.27. The van der Waals surface area contributed by atoms with E-state index < -0.39 is 34.4 Å². The molecule has 0 aromatic rings. The van der Waals surface area contributed by atoms with E-state index in [0.29, 0.717) is 24.8 Å². The Hall–Kier alpha value is -0.960. The number of carboxylic acid groups (broad SMARTS) is 1. The summed E-state index contributed by atoms with van der Waals surface area (Å²) < 4.78 is 33.4. The zero-order valence-electron chi connectivity index (χ0n) is 13.9. The van der Waals surface area contributed by atoms with Crippen LogP contribution >= 0.6 is 0 Å². The number of ether oxygens (including phenoxy) is 1. The van der Waals surface area contributed by atoms with E-state index in [9.17, 15) is 23.4 Å². The highest BCUT2D eigenvalue weighted by Gasteiger charge is 2.40. The second kappa shape index (κ2) is 8.23. The molecular weight excluding hydrogens is 324 g/mol. The smallest absolute Gasteiger partial charge is 0.264 e. The Morgan fingerprint density at radius 2 is 1.91 bits per heavy atom. The maximum absolute atomic E-state index is 11.4. The van der Waals surface area contributed by atoms with Crippen molar-refractivity contribution in [2.45, 2.75) is 70.9 Å². The summed E-state index contributed by atoms with van der Waals surface area (Å²) in [7, 11) is -3.84. The Kier molecular flexibility index (Phi) is 7.19. The molecule has 3 atom stereocenters. The van der Waals surface area contributed by atoms with Crippen LogP contribution in [-0.2, 0) is 23.8 Å². The molecule has 0 amide bonds. The largest absolute Gasteiger partial charge is 0.545 e. The molecule has 0 bridgehead atoms. The summed E-state index contributed by atoms with van der Waals surface area (Å²) in [4.78, 5) is 11.4. The Balaban J connectivity index is 3.23. The number of aliphatic carboxylic acids is 1. The number of aliphatic hydroxyl groups excluding tert-OH is 1. The lowest BCUT2D eigenvalue weighted by molar-refractivity contribution is -0.300. The second-order valence-corrected chi connectivity index (χ2v) is 7.27. The van der Waals surface area contributed by atoms with Gasteiger partial charge in [0.05, 0.1) is 18.3 Å². The zero-order valence-corrected chi connectivity index (χ0v) is 14.8. The fourth-order valence-electron chi connectivity index (χ4n) is 2.82. The number of hydrogen-bond donors (Lipinski definition) is 1. The lowest BCUT2D eigenvalue weighted by atomic mass is 9.83. The molecule has 23 heavy (non-hydrogen) atoms. The highest BCUT2D eigenvalue weighted by Crippen LogP contribution is 2.33. The highest BCUT2D eigenvalue weighted by molar-refractivity contribution is 7.86. The van der Waals surface area contributed by atoms with Crippen LogP contribution in [0.15, 0.2) is 11.1 Å². The minimum atomic E-state index is -3.84. The number of carboxylic acids is 1. The fraction of sp³-hybridized carbons (Fsp3) is 0.800. The molecule has 8 heteroatoms. The van der Waals surface area contributed by atoms with Crippen LogP contribution in [0.3, 0.4) is 0 Å². The Morgan fingerprint density at radius 3 is 2.30 bits per heavy atom. The van der Waals surface area contributed by atoms with Crippen molar-refractivity contribution in [1.29, 1.82) is 0 Å². The molecule has 0 radical (unpaired) electrons. The average molecular weight is 349 g/mol. The van der Waals surface area contributed by atoms with Crippen LogP contribution < -0.4 is 5.11 Å². The first-order valence-electron chi connectivity index (χ1n) is 7.79. The van der Waals surface area contributed by atoms with E-state index in [-0.39, 0.29) is 18.1 Å². The van der Waals surface area contributed by atoms with Crippen LogP contribution in [0.2, 0.25) is 0 Å². The van der Waals surface area contributed by atoms with Crippen LogP contribution in [0.1, 0.15) is 46.5 Å². The van der Waals surface area contributed by atoms with Gasteiger partial charge in [0.1, 0.15) is 18.3 Å². The van der Waals surface area contributed by atoms with Gasteiger partial charge in [-0.3, -0.25) is 4.18 Å². The van der Waals surface area contributed by atoms with Crippen molar-refractivity contribution in [3.63, 3.8) is 0 Å². The molecule has 0 fully saturated rings. The molecule has 1 aliphatic rings. The Morgan fingerprint density at radius 1 is 1.35 bits per heavy atom. The molecule has 0 aromatic heterocycles. The van der Waals surface area contributed by atoms with E-state index in [1.165, 1.54) is 0 Å². The van der Waals surface area contributed by atoms with Gasteiger partial charge in [-0.05, 0) is 30.4 Å². The maximum Gasteiger partial charge on any atom is 0.264 e. The van der Waals surface area contributed by atoms with Gasteiger partial charge in [0.2, 0.25) is 0 Å². The summed E-state index contributed by atoms with van der Waals surface area (Å²) in [6.45, 7) is 5.59. The third-order valence-corrected chi connectivity index (χ3v) is 4.60. The predicted molar refractivity (Wildman–Crippen MR) is 81.9 cm³/mol. The van der Waals surface area contributed by atoms with Crippen molar-refractivity contribution in [1.82, 2.24) is 0 Å². The summed E-state index contributed by atoms with van der Waals surface area (Å²) in [5, 5.41) is 21.9. The van der Waals surface area contributed by atoms with Crippen LogP contribution in [0.5, 0.6) is 0 Å². The van der Waals surface area contributed by atoms with Gasteiger partial charge in [0.25, 0.3) is 10.1 Å². The zero-order chi connectivity index (χ0) is 17.8. The summed E-state index contributed by atoms with van der Waals surface area (Å²) in [6, 6.07) is 0.